The Morgan fingerprint density at radius 3 is 2.38 bits per heavy atom. The Hall–Kier alpha value is -0.0800. The van der Waals surface area contributed by atoms with Crippen molar-refractivity contribution >= 4 is 0 Å². The number of hydrogen-bond donors (Lipinski definition) is 1. The number of hydrogen-bond acceptors (Lipinski definition) is 2. The molecule has 2 nitrogen and oxygen atoms in total. The molecule has 124 valence electrons. The fraction of sp³-hybridized carbons (Fsp3) is 1.00. The van der Waals surface area contributed by atoms with E-state index in [0.717, 1.165) is 23.9 Å². The molecule has 2 aliphatic rings. The summed E-state index contributed by atoms with van der Waals surface area (Å²) in [6.45, 7) is 14.5. The predicted molar refractivity (Wildman–Crippen MR) is 92.7 cm³/mol. The number of piperazine rings is 1. The average molecular weight is 295 g/mol. The molecule has 2 heteroatoms. The lowest BCUT2D eigenvalue weighted by Crippen LogP contribution is -2.67. The van der Waals surface area contributed by atoms with E-state index in [2.05, 4.69) is 44.8 Å². The molecule has 0 aromatic heterocycles. The van der Waals surface area contributed by atoms with Gasteiger partial charge in [-0.3, -0.25) is 4.90 Å². The van der Waals surface area contributed by atoms with Crippen molar-refractivity contribution < 1.29 is 0 Å². The Balaban J connectivity index is 2.20. The Morgan fingerprint density at radius 2 is 1.76 bits per heavy atom. The molecule has 1 heterocycles. The summed E-state index contributed by atoms with van der Waals surface area (Å²) in [5.41, 5.74) is 0.359. The first-order valence-corrected chi connectivity index (χ1v) is 9.53. The quantitative estimate of drug-likeness (QED) is 0.771. The van der Waals surface area contributed by atoms with Gasteiger partial charge in [-0.15, -0.1) is 0 Å². The van der Waals surface area contributed by atoms with Crippen LogP contribution in [0, 0.1) is 11.8 Å². The summed E-state index contributed by atoms with van der Waals surface area (Å²) in [5, 5.41) is 3.92. The van der Waals surface area contributed by atoms with E-state index in [1.807, 2.05) is 0 Å². The van der Waals surface area contributed by atoms with Crippen molar-refractivity contribution in [2.75, 3.05) is 13.1 Å². The van der Waals surface area contributed by atoms with Gasteiger partial charge in [0.25, 0.3) is 0 Å². The molecule has 21 heavy (non-hydrogen) atoms. The molecule has 1 N–H and O–H groups in total. The molecule has 2 rings (SSSR count). The maximum absolute atomic E-state index is 3.92. The minimum absolute atomic E-state index is 0.359. The van der Waals surface area contributed by atoms with Crippen molar-refractivity contribution in [1.29, 1.82) is 0 Å². The molecule has 0 amide bonds. The van der Waals surface area contributed by atoms with Crippen molar-refractivity contribution in [2.45, 2.75) is 97.2 Å². The molecule has 0 spiro atoms. The molecular formula is C19H38N2. The third-order valence-corrected chi connectivity index (χ3v) is 6.46. The van der Waals surface area contributed by atoms with E-state index < -0.39 is 0 Å². The van der Waals surface area contributed by atoms with Gasteiger partial charge >= 0.3 is 0 Å². The lowest BCUT2D eigenvalue weighted by atomic mass is 9.83. The summed E-state index contributed by atoms with van der Waals surface area (Å²) >= 11 is 0. The van der Waals surface area contributed by atoms with Crippen LogP contribution in [0.1, 0.15) is 79.6 Å². The summed E-state index contributed by atoms with van der Waals surface area (Å²) in [5.74, 6) is 1.62. The smallest absolute Gasteiger partial charge is 0.0304 e. The van der Waals surface area contributed by atoms with E-state index in [9.17, 15) is 0 Å². The largest absolute Gasteiger partial charge is 0.308 e. The zero-order valence-corrected chi connectivity index (χ0v) is 15.1. The fourth-order valence-electron chi connectivity index (χ4n) is 4.63. The van der Waals surface area contributed by atoms with Crippen LogP contribution in [0.5, 0.6) is 0 Å². The van der Waals surface area contributed by atoms with Gasteiger partial charge in [-0.25, -0.2) is 0 Å². The summed E-state index contributed by atoms with van der Waals surface area (Å²) in [4.78, 5) is 2.93. The average Bonchev–Trinajstić information content (AvgIpc) is 2.71. The monoisotopic (exact) mass is 294 g/mol. The minimum Gasteiger partial charge on any atom is -0.308 e. The molecule has 1 saturated heterocycles. The molecular weight excluding hydrogens is 256 g/mol. The minimum atomic E-state index is 0.359. The maximum atomic E-state index is 3.92. The Labute approximate surface area is 133 Å². The SMILES string of the molecule is CCC1(CC)CN(C2CCCCCC2C)C(C(C)C)CN1. The molecule has 0 bridgehead atoms. The first-order chi connectivity index (χ1) is 10.0. The normalized spacial score (nSPS) is 34.9. The molecule has 0 aromatic carbocycles. The Bertz CT molecular complexity index is 309. The van der Waals surface area contributed by atoms with Gasteiger partial charge in [0.1, 0.15) is 0 Å². The highest BCUT2D eigenvalue weighted by atomic mass is 15.3. The predicted octanol–water partition coefficient (Wildman–Crippen LogP) is 4.44. The van der Waals surface area contributed by atoms with E-state index in [1.54, 1.807) is 0 Å². The topological polar surface area (TPSA) is 15.3 Å². The Kier molecular flexibility index (Phi) is 6.14. The second-order valence-electron chi connectivity index (χ2n) is 8.03. The lowest BCUT2D eigenvalue weighted by Gasteiger charge is -2.52. The molecule has 1 aliphatic heterocycles. The summed E-state index contributed by atoms with van der Waals surface area (Å²) in [6.07, 6.45) is 9.71. The Morgan fingerprint density at radius 1 is 1.10 bits per heavy atom. The van der Waals surface area contributed by atoms with Gasteiger partial charge in [-0.2, -0.15) is 0 Å². The fourth-order valence-corrected chi connectivity index (χ4v) is 4.63. The first kappa shape index (κ1) is 17.3. The molecule has 2 fully saturated rings. The van der Waals surface area contributed by atoms with Crippen molar-refractivity contribution in [2.24, 2.45) is 11.8 Å². The summed E-state index contributed by atoms with van der Waals surface area (Å²) < 4.78 is 0. The van der Waals surface area contributed by atoms with Gasteiger partial charge in [-0.1, -0.05) is 53.9 Å². The van der Waals surface area contributed by atoms with Crippen molar-refractivity contribution in [3.8, 4) is 0 Å². The van der Waals surface area contributed by atoms with E-state index in [1.165, 1.54) is 58.0 Å². The van der Waals surface area contributed by atoms with Gasteiger partial charge in [-0.05, 0) is 37.5 Å². The van der Waals surface area contributed by atoms with Crippen LogP contribution < -0.4 is 5.32 Å². The third-order valence-electron chi connectivity index (χ3n) is 6.46. The number of nitrogens with one attached hydrogen (secondary N) is 1. The second-order valence-corrected chi connectivity index (χ2v) is 8.03. The highest BCUT2D eigenvalue weighted by Gasteiger charge is 2.41. The summed E-state index contributed by atoms with van der Waals surface area (Å²) in [6, 6.07) is 1.54. The van der Waals surface area contributed by atoms with E-state index >= 15 is 0 Å². The molecule has 0 radical (unpaired) electrons. The number of nitrogens with zero attached hydrogens (tertiary/aromatic N) is 1. The maximum Gasteiger partial charge on any atom is 0.0304 e. The molecule has 3 unspecified atom stereocenters. The highest BCUT2D eigenvalue weighted by molar-refractivity contribution is 5.00. The van der Waals surface area contributed by atoms with Crippen LogP contribution in [-0.2, 0) is 0 Å². The molecule has 1 aliphatic carbocycles. The van der Waals surface area contributed by atoms with Crippen LogP contribution in [0.4, 0.5) is 0 Å². The van der Waals surface area contributed by atoms with Gasteiger partial charge in [0, 0.05) is 30.7 Å². The molecule has 0 aromatic rings. The van der Waals surface area contributed by atoms with Gasteiger partial charge in [0.2, 0.25) is 0 Å². The molecule has 1 saturated carbocycles. The second kappa shape index (κ2) is 7.46. The van der Waals surface area contributed by atoms with E-state index in [0.29, 0.717) is 5.54 Å². The van der Waals surface area contributed by atoms with Crippen LogP contribution in [0.2, 0.25) is 0 Å². The zero-order valence-electron chi connectivity index (χ0n) is 15.1. The van der Waals surface area contributed by atoms with Crippen molar-refractivity contribution in [3.05, 3.63) is 0 Å². The van der Waals surface area contributed by atoms with Crippen LogP contribution in [0.25, 0.3) is 0 Å². The van der Waals surface area contributed by atoms with E-state index in [-0.39, 0.29) is 0 Å². The van der Waals surface area contributed by atoms with Crippen molar-refractivity contribution in [3.63, 3.8) is 0 Å². The first-order valence-electron chi connectivity index (χ1n) is 9.53. The van der Waals surface area contributed by atoms with Gasteiger partial charge in [0.15, 0.2) is 0 Å². The van der Waals surface area contributed by atoms with Crippen LogP contribution >= 0.6 is 0 Å². The van der Waals surface area contributed by atoms with Crippen LogP contribution in [0.15, 0.2) is 0 Å². The number of rotatable bonds is 4. The lowest BCUT2D eigenvalue weighted by molar-refractivity contribution is -0.00319. The molecule has 3 atom stereocenters. The van der Waals surface area contributed by atoms with Crippen molar-refractivity contribution in [1.82, 2.24) is 10.2 Å². The van der Waals surface area contributed by atoms with Gasteiger partial charge < -0.3 is 5.32 Å². The van der Waals surface area contributed by atoms with E-state index in [4.69, 9.17) is 0 Å². The zero-order chi connectivity index (χ0) is 15.5. The standard InChI is InChI=1S/C19H38N2/c1-6-19(7-2)14-21(18(13-20-19)15(3)4)17-12-10-8-9-11-16(17)5/h15-18,20H,6-14H2,1-5H3. The van der Waals surface area contributed by atoms with Crippen LogP contribution in [-0.4, -0.2) is 35.6 Å². The van der Waals surface area contributed by atoms with Gasteiger partial charge in [0.05, 0.1) is 0 Å². The highest BCUT2D eigenvalue weighted by Crippen LogP contribution is 2.34. The van der Waals surface area contributed by atoms with Crippen LogP contribution in [0.3, 0.4) is 0 Å². The third kappa shape index (κ3) is 3.82. The summed E-state index contributed by atoms with van der Waals surface area (Å²) in [7, 11) is 0.